The van der Waals surface area contributed by atoms with Gasteiger partial charge in [-0.2, -0.15) is 11.8 Å². The van der Waals surface area contributed by atoms with E-state index in [0.29, 0.717) is 5.95 Å². The highest BCUT2D eigenvalue weighted by atomic mass is 32.2. The molecule has 2 rings (SSSR count). The summed E-state index contributed by atoms with van der Waals surface area (Å²) in [4.78, 5) is 8.66. The molecule has 2 heterocycles. The standard InChI is InChI=1S/C10H14N4S/c1-7-5-8-9(12-6-7)14(3-4-15-2)10(11)13-8/h5-6H,3-4H2,1-2H3,(H2,11,13). The van der Waals surface area contributed by atoms with Crippen molar-refractivity contribution >= 4 is 28.9 Å². The number of nitrogens with zero attached hydrogens (tertiary/aromatic N) is 3. The van der Waals surface area contributed by atoms with E-state index in [0.717, 1.165) is 29.0 Å². The van der Waals surface area contributed by atoms with Crippen molar-refractivity contribution in [3.8, 4) is 0 Å². The van der Waals surface area contributed by atoms with Crippen molar-refractivity contribution in [2.75, 3.05) is 17.7 Å². The molecule has 0 aliphatic heterocycles. The van der Waals surface area contributed by atoms with Gasteiger partial charge in [-0.1, -0.05) is 0 Å². The monoisotopic (exact) mass is 222 g/mol. The molecule has 2 aromatic heterocycles. The smallest absolute Gasteiger partial charge is 0.202 e. The van der Waals surface area contributed by atoms with Gasteiger partial charge in [0.15, 0.2) is 5.65 Å². The van der Waals surface area contributed by atoms with Gasteiger partial charge in [0.2, 0.25) is 5.95 Å². The molecule has 0 aliphatic rings. The zero-order valence-corrected chi connectivity index (χ0v) is 9.71. The van der Waals surface area contributed by atoms with E-state index in [9.17, 15) is 0 Å². The number of nitrogen functional groups attached to an aromatic ring is 1. The van der Waals surface area contributed by atoms with E-state index < -0.39 is 0 Å². The maximum absolute atomic E-state index is 5.85. The van der Waals surface area contributed by atoms with E-state index in [4.69, 9.17) is 5.73 Å². The van der Waals surface area contributed by atoms with Gasteiger partial charge >= 0.3 is 0 Å². The number of hydrogen-bond acceptors (Lipinski definition) is 4. The van der Waals surface area contributed by atoms with Crippen molar-refractivity contribution < 1.29 is 0 Å². The second-order valence-electron chi connectivity index (χ2n) is 3.47. The van der Waals surface area contributed by atoms with Gasteiger partial charge in [-0.15, -0.1) is 0 Å². The van der Waals surface area contributed by atoms with Crippen LogP contribution in [-0.2, 0) is 6.54 Å². The van der Waals surface area contributed by atoms with Crippen LogP contribution in [0.2, 0.25) is 0 Å². The molecule has 80 valence electrons. The molecule has 0 aliphatic carbocycles. The van der Waals surface area contributed by atoms with Gasteiger partial charge in [0.25, 0.3) is 0 Å². The number of aromatic nitrogens is 3. The van der Waals surface area contributed by atoms with Crippen molar-refractivity contribution in [1.82, 2.24) is 14.5 Å². The quantitative estimate of drug-likeness (QED) is 0.858. The van der Waals surface area contributed by atoms with Crippen LogP contribution in [0.15, 0.2) is 12.3 Å². The summed E-state index contributed by atoms with van der Waals surface area (Å²) >= 11 is 1.79. The maximum Gasteiger partial charge on any atom is 0.202 e. The van der Waals surface area contributed by atoms with Gasteiger partial charge < -0.3 is 5.73 Å². The summed E-state index contributed by atoms with van der Waals surface area (Å²) in [6.07, 6.45) is 3.92. The number of anilines is 1. The molecule has 2 aromatic rings. The summed E-state index contributed by atoms with van der Waals surface area (Å²) in [7, 11) is 0. The molecule has 0 saturated heterocycles. The molecule has 0 atom stereocenters. The molecule has 15 heavy (non-hydrogen) atoms. The fraction of sp³-hybridized carbons (Fsp3) is 0.400. The van der Waals surface area contributed by atoms with Gasteiger partial charge in [-0.05, 0) is 24.8 Å². The van der Waals surface area contributed by atoms with Crippen LogP contribution in [0.3, 0.4) is 0 Å². The Kier molecular flexibility index (Phi) is 2.81. The SMILES string of the molecule is CSCCn1c(N)nc2cc(C)cnc21. The molecule has 5 heteroatoms. The minimum absolute atomic E-state index is 0.553. The highest BCUT2D eigenvalue weighted by Gasteiger charge is 2.08. The highest BCUT2D eigenvalue weighted by molar-refractivity contribution is 7.98. The molecule has 0 radical (unpaired) electrons. The van der Waals surface area contributed by atoms with Crippen LogP contribution >= 0.6 is 11.8 Å². The molecule has 0 spiro atoms. The average molecular weight is 222 g/mol. The van der Waals surface area contributed by atoms with Crippen LogP contribution in [0.4, 0.5) is 5.95 Å². The summed E-state index contributed by atoms with van der Waals surface area (Å²) in [5, 5.41) is 0. The molecular formula is C10H14N4S. The van der Waals surface area contributed by atoms with Gasteiger partial charge in [-0.3, -0.25) is 4.57 Å². The van der Waals surface area contributed by atoms with Crippen LogP contribution in [0.25, 0.3) is 11.2 Å². The van der Waals surface area contributed by atoms with Crippen molar-refractivity contribution in [2.45, 2.75) is 13.5 Å². The number of aryl methyl sites for hydroxylation is 2. The minimum Gasteiger partial charge on any atom is -0.369 e. The third-order valence-corrected chi connectivity index (χ3v) is 2.86. The second kappa shape index (κ2) is 4.10. The summed E-state index contributed by atoms with van der Waals surface area (Å²) in [5.74, 6) is 1.57. The Morgan fingerprint density at radius 1 is 1.53 bits per heavy atom. The molecule has 0 bridgehead atoms. The van der Waals surface area contributed by atoms with Crippen molar-refractivity contribution in [3.63, 3.8) is 0 Å². The summed E-state index contributed by atoms with van der Waals surface area (Å²) in [6, 6.07) is 2.01. The molecule has 4 nitrogen and oxygen atoms in total. The first-order chi connectivity index (χ1) is 7.22. The normalized spacial score (nSPS) is 11.1. The van der Waals surface area contributed by atoms with E-state index in [-0.39, 0.29) is 0 Å². The minimum atomic E-state index is 0.553. The lowest BCUT2D eigenvalue weighted by Crippen LogP contribution is -2.05. The molecule has 0 unspecified atom stereocenters. The van der Waals surface area contributed by atoms with Gasteiger partial charge in [0.1, 0.15) is 5.52 Å². The molecule has 0 aromatic carbocycles. The van der Waals surface area contributed by atoms with Crippen LogP contribution in [-0.4, -0.2) is 26.5 Å². The Hall–Kier alpha value is -1.23. The lowest BCUT2D eigenvalue weighted by atomic mass is 10.3. The first kappa shape index (κ1) is 10.3. The molecule has 0 saturated carbocycles. The maximum atomic E-state index is 5.85. The third-order valence-electron chi connectivity index (χ3n) is 2.27. The lowest BCUT2D eigenvalue weighted by Gasteiger charge is -2.03. The predicted octanol–water partition coefficient (Wildman–Crippen LogP) is 1.68. The molecule has 0 amide bonds. The number of imidazole rings is 1. The first-order valence-corrected chi connectivity index (χ1v) is 6.19. The largest absolute Gasteiger partial charge is 0.369 e. The Bertz CT molecular complexity index is 477. The van der Waals surface area contributed by atoms with Crippen molar-refractivity contribution in [2.24, 2.45) is 0 Å². The number of thioether (sulfide) groups is 1. The van der Waals surface area contributed by atoms with Crippen molar-refractivity contribution in [1.29, 1.82) is 0 Å². The summed E-state index contributed by atoms with van der Waals surface area (Å²) < 4.78 is 1.96. The van der Waals surface area contributed by atoms with Crippen molar-refractivity contribution in [3.05, 3.63) is 17.8 Å². The average Bonchev–Trinajstić information content (AvgIpc) is 2.50. The molecule has 0 fully saturated rings. The van der Waals surface area contributed by atoms with Crippen LogP contribution in [0, 0.1) is 6.92 Å². The fourth-order valence-corrected chi connectivity index (χ4v) is 1.90. The van der Waals surface area contributed by atoms with Gasteiger partial charge in [-0.25, -0.2) is 9.97 Å². The van der Waals surface area contributed by atoms with E-state index in [1.807, 2.05) is 23.8 Å². The number of pyridine rings is 1. The van der Waals surface area contributed by atoms with Crippen LogP contribution in [0.1, 0.15) is 5.56 Å². The van der Waals surface area contributed by atoms with Crippen LogP contribution < -0.4 is 5.73 Å². The Morgan fingerprint density at radius 2 is 2.33 bits per heavy atom. The second-order valence-corrected chi connectivity index (χ2v) is 4.46. The fourth-order valence-electron chi connectivity index (χ4n) is 1.53. The van der Waals surface area contributed by atoms with Crippen LogP contribution in [0.5, 0.6) is 0 Å². The summed E-state index contributed by atoms with van der Waals surface area (Å²) in [6.45, 7) is 2.86. The number of fused-ring (bicyclic) bond motifs is 1. The topological polar surface area (TPSA) is 56.7 Å². The van der Waals surface area contributed by atoms with E-state index >= 15 is 0 Å². The first-order valence-electron chi connectivity index (χ1n) is 4.79. The Labute approximate surface area is 92.9 Å². The van der Waals surface area contributed by atoms with E-state index in [2.05, 4.69) is 16.2 Å². The molecule has 2 N–H and O–H groups in total. The number of hydrogen-bond donors (Lipinski definition) is 1. The third kappa shape index (κ3) is 1.92. The Balaban J connectivity index is 2.48. The van der Waals surface area contributed by atoms with E-state index in [1.165, 1.54) is 0 Å². The van der Waals surface area contributed by atoms with Gasteiger partial charge in [0, 0.05) is 18.5 Å². The van der Waals surface area contributed by atoms with E-state index in [1.54, 1.807) is 11.8 Å². The lowest BCUT2D eigenvalue weighted by molar-refractivity contribution is 0.800. The predicted molar refractivity (Wildman–Crippen MR) is 65.1 cm³/mol. The summed E-state index contributed by atoms with van der Waals surface area (Å²) in [5.41, 5.74) is 8.72. The highest BCUT2D eigenvalue weighted by Crippen LogP contribution is 2.16. The van der Waals surface area contributed by atoms with Gasteiger partial charge in [0.05, 0.1) is 0 Å². The molecular weight excluding hydrogens is 208 g/mol. The number of nitrogens with two attached hydrogens (primary N) is 1. The number of rotatable bonds is 3. The zero-order valence-electron chi connectivity index (χ0n) is 8.90. The zero-order chi connectivity index (χ0) is 10.8. The Morgan fingerprint density at radius 3 is 3.07 bits per heavy atom.